The molecule has 0 radical (unpaired) electrons. The van der Waals surface area contributed by atoms with Crippen LogP contribution in [-0.4, -0.2) is 36.3 Å². The second-order valence-corrected chi connectivity index (χ2v) is 9.54. The quantitative estimate of drug-likeness (QED) is 0.600. The van der Waals surface area contributed by atoms with Crippen molar-refractivity contribution in [3.63, 3.8) is 0 Å². The largest absolute Gasteiger partial charge is 0.346 e. The average molecular weight is 438 g/mol. The van der Waals surface area contributed by atoms with Gasteiger partial charge in [0.05, 0.1) is 17.0 Å². The molecule has 1 saturated carbocycles. The van der Waals surface area contributed by atoms with E-state index in [2.05, 4.69) is 25.2 Å². The highest BCUT2D eigenvalue weighted by molar-refractivity contribution is 7.14. The van der Waals surface area contributed by atoms with Crippen LogP contribution in [0, 0.1) is 16.7 Å². The van der Waals surface area contributed by atoms with Crippen molar-refractivity contribution < 1.29 is 9.59 Å². The van der Waals surface area contributed by atoms with E-state index in [0.717, 1.165) is 29.7 Å². The molecule has 1 fully saturated rings. The van der Waals surface area contributed by atoms with Gasteiger partial charge in [-0.05, 0) is 49.3 Å². The van der Waals surface area contributed by atoms with E-state index in [1.807, 2.05) is 36.4 Å². The van der Waals surface area contributed by atoms with Crippen molar-refractivity contribution in [1.29, 1.82) is 5.26 Å². The van der Waals surface area contributed by atoms with Crippen LogP contribution in [-0.2, 0) is 24.1 Å². The number of aryl methyl sites for hydroxylation is 2. The first-order chi connectivity index (χ1) is 14.9. The van der Waals surface area contributed by atoms with Crippen LogP contribution in [0.25, 0.3) is 0 Å². The number of nitriles is 1. The number of carbonyl (C=O) groups excluding carboxylic acids is 2. The van der Waals surface area contributed by atoms with Gasteiger partial charge >= 0.3 is 0 Å². The molecule has 2 amide bonds. The summed E-state index contributed by atoms with van der Waals surface area (Å²) in [6, 6.07) is 13.9. The smallest absolute Gasteiger partial charge is 0.261 e. The maximum atomic E-state index is 13.1. The van der Waals surface area contributed by atoms with Crippen LogP contribution in [0.15, 0.2) is 36.4 Å². The maximum Gasteiger partial charge on any atom is 0.261 e. The zero-order valence-corrected chi connectivity index (χ0v) is 19.4. The molecule has 1 heterocycles. The topological polar surface area (TPSA) is 73.2 Å². The Balaban J connectivity index is 1.75. The van der Waals surface area contributed by atoms with Gasteiger partial charge in [0.1, 0.15) is 5.41 Å². The van der Waals surface area contributed by atoms with E-state index in [0.29, 0.717) is 25.8 Å². The molecule has 3 rings (SSSR count). The first-order valence-corrected chi connectivity index (χ1v) is 11.9. The Bertz CT molecular complexity index is 957. The van der Waals surface area contributed by atoms with Crippen molar-refractivity contribution in [3.05, 3.63) is 57.3 Å². The molecule has 1 unspecified atom stereocenters. The third kappa shape index (κ3) is 5.54. The van der Waals surface area contributed by atoms with Gasteiger partial charge in [-0.1, -0.05) is 50.6 Å². The van der Waals surface area contributed by atoms with Crippen molar-refractivity contribution in [2.24, 2.45) is 5.41 Å². The zero-order valence-electron chi connectivity index (χ0n) is 18.6. The van der Waals surface area contributed by atoms with E-state index in [-0.39, 0.29) is 17.9 Å². The van der Waals surface area contributed by atoms with Gasteiger partial charge < -0.3 is 10.2 Å². The molecule has 1 aliphatic carbocycles. The SMILES string of the molecule is CCCc1sc(C(=O)NC(Cc2ccccc2)CN(C)C(=O)C2(C#N)CC2)cc1CC. The Morgan fingerprint density at radius 3 is 2.55 bits per heavy atom. The second kappa shape index (κ2) is 10.1. The highest BCUT2D eigenvalue weighted by atomic mass is 32.1. The summed E-state index contributed by atoms with van der Waals surface area (Å²) in [7, 11) is 1.73. The number of thiophene rings is 1. The average Bonchev–Trinajstić information content (AvgIpc) is 3.47. The van der Waals surface area contributed by atoms with E-state index >= 15 is 0 Å². The van der Waals surface area contributed by atoms with Crippen molar-refractivity contribution in [2.75, 3.05) is 13.6 Å². The van der Waals surface area contributed by atoms with Crippen molar-refractivity contribution in [2.45, 2.75) is 58.4 Å². The van der Waals surface area contributed by atoms with Gasteiger partial charge in [0, 0.05) is 18.5 Å². The molecule has 1 N–H and O–H groups in total. The lowest BCUT2D eigenvalue weighted by molar-refractivity contribution is -0.133. The van der Waals surface area contributed by atoms with Gasteiger partial charge in [-0.2, -0.15) is 5.26 Å². The highest BCUT2D eigenvalue weighted by Crippen LogP contribution is 2.46. The molecule has 0 aliphatic heterocycles. The highest BCUT2D eigenvalue weighted by Gasteiger charge is 2.52. The Morgan fingerprint density at radius 1 is 1.26 bits per heavy atom. The second-order valence-electron chi connectivity index (χ2n) is 8.40. The molecule has 0 saturated heterocycles. The zero-order chi connectivity index (χ0) is 22.4. The molecule has 1 aliphatic rings. The molecular formula is C25H31N3O2S. The molecule has 31 heavy (non-hydrogen) atoms. The summed E-state index contributed by atoms with van der Waals surface area (Å²) in [6.45, 7) is 4.64. The Kier molecular flexibility index (Phi) is 7.50. The summed E-state index contributed by atoms with van der Waals surface area (Å²) in [5.41, 5.74) is 1.49. The molecule has 5 nitrogen and oxygen atoms in total. The number of amides is 2. The van der Waals surface area contributed by atoms with Crippen LogP contribution >= 0.6 is 11.3 Å². The van der Waals surface area contributed by atoms with Gasteiger partial charge in [-0.25, -0.2) is 0 Å². The fraction of sp³-hybridized carbons (Fsp3) is 0.480. The van der Waals surface area contributed by atoms with Crippen LogP contribution < -0.4 is 5.32 Å². The van der Waals surface area contributed by atoms with Crippen LogP contribution in [0.3, 0.4) is 0 Å². The third-order valence-electron chi connectivity index (χ3n) is 5.85. The number of likely N-dealkylation sites (N-methyl/N-ethyl adjacent to an activating group) is 1. The number of hydrogen-bond donors (Lipinski definition) is 1. The van der Waals surface area contributed by atoms with Crippen LogP contribution in [0.4, 0.5) is 0 Å². The molecule has 6 heteroatoms. The summed E-state index contributed by atoms with van der Waals surface area (Å²) >= 11 is 1.57. The lowest BCUT2D eigenvalue weighted by atomic mass is 10.0. The van der Waals surface area contributed by atoms with Gasteiger partial charge in [-0.15, -0.1) is 11.3 Å². The van der Waals surface area contributed by atoms with E-state index in [1.165, 1.54) is 10.4 Å². The Labute approximate surface area is 189 Å². The minimum absolute atomic E-state index is 0.0924. The molecule has 0 spiro atoms. The van der Waals surface area contributed by atoms with Gasteiger partial charge in [0.25, 0.3) is 5.91 Å². The van der Waals surface area contributed by atoms with E-state index < -0.39 is 5.41 Å². The van der Waals surface area contributed by atoms with E-state index in [9.17, 15) is 14.9 Å². The van der Waals surface area contributed by atoms with E-state index in [4.69, 9.17) is 0 Å². The van der Waals surface area contributed by atoms with Crippen molar-refractivity contribution >= 4 is 23.2 Å². The number of nitrogens with one attached hydrogen (secondary N) is 1. The van der Waals surface area contributed by atoms with Crippen molar-refractivity contribution in [1.82, 2.24) is 10.2 Å². The van der Waals surface area contributed by atoms with Crippen molar-refractivity contribution in [3.8, 4) is 6.07 Å². The molecule has 1 aromatic carbocycles. The summed E-state index contributed by atoms with van der Waals surface area (Å²) < 4.78 is 0. The molecule has 1 atom stereocenters. The predicted molar refractivity (Wildman–Crippen MR) is 124 cm³/mol. The molecule has 2 aromatic rings. The minimum Gasteiger partial charge on any atom is -0.346 e. The monoisotopic (exact) mass is 437 g/mol. The lowest BCUT2D eigenvalue weighted by Crippen LogP contribution is -2.47. The van der Waals surface area contributed by atoms with Crippen LogP contribution in [0.1, 0.15) is 58.8 Å². The van der Waals surface area contributed by atoms with Crippen LogP contribution in [0.2, 0.25) is 0 Å². The lowest BCUT2D eigenvalue weighted by Gasteiger charge is -2.26. The fourth-order valence-corrected chi connectivity index (χ4v) is 5.17. The Morgan fingerprint density at radius 2 is 1.97 bits per heavy atom. The van der Waals surface area contributed by atoms with Gasteiger partial charge in [-0.3, -0.25) is 9.59 Å². The molecule has 0 bridgehead atoms. The number of rotatable bonds is 10. The summed E-state index contributed by atoms with van der Waals surface area (Å²) in [6.07, 6.45) is 4.83. The fourth-order valence-electron chi connectivity index (χ4n) is 3.91. The summed E-state index contributed by atoms with van der Waals surface area (Å²) in [5.74, 6) is -0.234. The standard InChI is InChI=1S/C25H31N3O2S/c1-4-9-21-19(5-2)15-22(31-21)23(29)27-20(14-18-10-7-6-8-11-18)16-28(3)24(30)25(17-26)12-13-25/h6-8,10-11,15,20H,4-5,9,12-14,16H2,1-3H3,(H,27,29). The minimum atomic E-state index is -0.852. The number of nitrogens with zero attached hydrogens (tertiary/aromatic N) is 2. The molecular weight excluding hydrogens is 406 g/mol. The maximum absolute atomic E-state index is 13.1. The number of carbonyl (C=O) groups is 2. The summed E-state index contributed by atoms with van der Waals surface area (Å²) in [5, 5.41) is 12.5. The van der Waals surface area contributed by atoms with Gasteiger partial charge in [0.15, 0.2) is 0 Å². The first-order valence-electron chi connectivity index (χ1n) is 11.1. The predicted octanol–water partition coefficient (Wildman–Crippen LogP) is 4.37. The van der Waals surface area contributed by atoms with Gasteiger partial charge in [0.2, 0.25) is 5.91 Å². The normalized spacial score (nSPS) is 15.0. The molecule has 1 aromatic heterocycles. The Hall–Kier alpha value is -2.65. The summed E-state index contributed by atoms with van der Waals surface area (Å²) in [4.78, 5) is 29.5. The number of hydrogen-bond acceptors (Lipinski definition) is 4. The molecule has 164 valence electrons. The first kappa shape index (κ1) is 23.0. The van der Waals surface area contributed by atoms with Crippen LogP contribution in [0.5, 0.6) is 0 Å². The van der Waals surface area contributed by atoms with E-state index in [1.54, 1.807) is 23.3 Å². The number of benzene rings is 1. The third-order valence-corrected chi connectivity index (χ3v) is 7.09.